The van der Waals surface area contributed by atoms with Crippen molar-refractivity contribution in [3.05, 3.63) is 69.2 Å². The molecule has 1 saturated heterocycles. The molecule has 1 fully saturated rings. The van der Waals surface area contributed by atoms with E-state index in [1.165, 1.54) is 23.9 Å². The second-order valence-corrected chi connectivity index (χ2v) is 10.4. The van der Waals surface area contributed by atoms with Crippen molar-refractivity contribution in [3.8, 4) is 0 Å². The van der Waals surface area contributed by atoms with E-state index in [-0.39, 0.29) is 23.0 Å². The zero-order chi connectivity index (χ0) is 25.4. The predicted molar refractivity (Wildman–Crippen MR) is 137 cm³/mol. The molecule has 3 aromatic rings. The number of amidine groups is 1. The van der Waals surface area contributed by atoms with E-state index in [0.29, 0.717) is 21.2 Å². The van der Waals surface area contributed by atoms with E-state index in [2.05, 4.69) is 32.5 Å². The van der Waals surface area contributed by atoms with Crippen molar-refractivity contribution in [2.24, 2.45) is 4.99 Å². The number of allylic oxidation sites excluding steroid dienone is 1. The number of likely N-dealkylation sites (tertiary alicyclic amines) is 1. The molecule has 2 aliphatic rings. The Morgan fingerprint density at radius 1 is 1.22 bits per heavy atom. The minimum Gasteiger partial charge on any atom is -0.361 e. The number of hydrogen-bond donors (Lipinski definition) is 2. The Labute approximate surface area is 215 Å². The molecule has 0 aliphatic carbocycles. The number of halogens is 4. The molecule has 5 rings (SSSR count). The van der Waals surface area contributed by atoms with Crippen LogP contribution in [0.25, 0.3) is 16.5 Å². The Bertz CT molecular complexity index is 1380. The van der Waals surface area contributed by atoms with Gasteiger partial charge in [-0.15, -0.1) is 0 Å². The number of piperidine rings is 1. The summed E-state index contributed by atoms with van der Waals surface area (Å²) in [5, 5.41) is 11.5. The van der Waals surface area contributed by atoms with Crippen molar-refractivity contribution < 1.29 is 18.0 Å². The fraction of sp³-hybridized carbons (Fsp3) is 0.320. The van der Waals surface area contributed by atoms with Crippen LogP contribution in [0.2, 0.25) is 5.02 Å². The van der Waals surface area contributed by atoms with Crippen LogP contribution in [0.15, 0.2) is 52.5 Å². The molecular weight excluding hydrogens is 511 g/mol. The maximum atomic E-state index is 13.9. The first-order chi connectivity index (χ1) is 17.2. The van der Waals surface area contributed by atoms with Gasteiger partial charge in [0.25, 0.3) is 5.91 Å². The predicted octanol–water partition coefficient (Wildman–Crippen LogP) is 5.50. The van der Waals surface area contributed by atoms with Gasteiger partial charge in [-0.3, -0.25) is 9.89 Å². The molecular formula is C25H23ClF3N5OS. The van der Waals surface area contributed by atoms with Crippen LogP contribution in [0.4, 0.5) is 13.2 Å². The first-order valence-electron chi connectivity index (χ1n) is 11.5. The van der Waals surface area contributed by atoms with Gasteiger partial charge in [-0.25, -0.2) is 0 Å². The van der Waals surface area contributed by atoms with Crippen molar-refractivity contribution in [1.82, 2.24) is 20.4 Å². The third-order valence-electron chi connectivity index (χ3n) is 6.45. The Kier molecular flexibility index (Phi) is 6.84. The van der Waals surface area contributed by atoms with Crippen molar-refractivity contribution in [2.75, 3.05) is 20.1 Å². The van der Waals surface area contributed by atoms with E-state index in [0.717, 1.165) is 42.9 Å². The van der Waals surface area contributed by atoms with E-state index in [1.807, 2.05) is 6.07 Å². The summed E-state index contributed by atoms with van der Waals surface area (Å²) in [6.07, 6.45) is -1.22. The van der Waals surface area contributed by atoms with Gasteiger partial charge in [-0.05, 0) is 92.1 Å². The minimum absolute atomic E-state index is 0.000594. The van der Waals surface area contributed by atoms with Crippen molar-refractivity contribution >= 4 is 50.9 Å². The molecule has 2 N–H and O–H groups in total. The van der Waals surface area contributed by atoms with Gasteiger partial charge in [0, 0.05) is 16.5 Å². The lowest BCUT2D eigenvalue weighted by atomic mass is 9.93. The summed E-state index contributed by atoms with van der Waals surface area (Å²) < 4.78 is 41.6. The molecule has 0 saturated carbocycles. The van der Waals surface area contributed by atoms with Crippen LogP contribution in [0.1, 0.15) is 29.5 Å². The molecule has 0 bridgehead atoms. The second-order valence-electron chi connectivity index (χ2n) is 9.00. The lowest BCUT2D eigenvalue weighted by molar-refractivity contribution is -0.138. The van der Waals surface area contributed by atoms with E-state index >= 15 is 0 Å². The third-order valence-corrected chi connectivity index (χ3v) is 7.71. The van der Waals surface area contributed by atoms with Crippen molar-refractivity contribution in [1.29, 1.82) is 0 Å². The number of amides is 1. The number of benzene rings is 2. The number of thioether (sulfide) groups is 1. The number of aliphatic imine (C=N–C) groups is 1. The molecule has 2 aliphatic heterocycles. The number of aromatic amines is 1. The average molecular weight is 534 g/mol. The Balaban J connectivity index is 1.52. The molecule has 1 aromatic heterocycles. The highest BCUT2D eigenvalue weighted by Gasteiger charge is 2.35. The number of carbonyl (C=O) groups excluding carboxylic acids is 1. The summed E-state index contributed by atoms with van der Waals surface area (Å²) in [6, 6.07) is 9.31. The van der Waals surface area contributed by atoms with Gasteiger partial charge in [0.1, 0.15) is 0 Å². The third kappa shape index (κ3) is 5.30. The highest BCUT2D eigenvalue weighted by molar-refractivity contribution is 8.18. The normalized spacial score (nSPS) is 19.1. The van der Waals surface area contributed by atoms with Crippen LogP contribution in [-0.2, 0) is 17.4 Å². The summed E-state index contributed by atoms with van der Waals surface area (Å²) in [4.78, 5) is 19.8. The number of hydrogen-bond acceptors (Lipinski definition) is 5. The molecule has 1 amide bonds. The Hall–Kier alpha value is -2.82. The van der Waals surface area contributed by atoms with Crippen LogP contribution in [0, 0.1) is 0 Å². The number of alkyl halides is 3. The fourth-order valence-electron chi connectivity index (χ4n) is 4.49. The van der Waals surface area contributed by atoms with Crippen molar-refractivity contribution in [3.63, 3.8) is 0 Å². The standard InChI is InChI=1S/C25H23ClF3N5OS/c1-34-8-6-18(7-9-34)31-24-32-23(35)22(36-24)19(14-3-5-21-16(10-14)13-30-33-21)11-15-2-4-17(26)12-20(15)25(27,28)29/h2-5,10,12-13,18H,6-9,11H2,1H3,(H,30,33)(H,31,32,35). The summed E-state index contributed by atoms with van der Waals surface area (Å²) >= 11 is 7.07. The van der Waals surface area contributed by atoms with Gasteiger partial charge < -0.3 is 10.2 Å². The zero-order valence-corrected chi connectivity index (χ0v) is 20.9. The maximum absolute atomic E-state index is 13.9. The zero-order valence-electron chi connectivity index (χ0n) is 19.3. The number of carbonyl (C=O) groups is 1. The Morgan fingerprint density at radius 3 is 2.75 bits per heavy atom. The Morgan fingerprint density at radius 2 is 2.00 bits per heavy atom. The molecule has 6 nitrogen and oxygen atoms in total. The van der Waals surface area contributed by atoms with E-state index in [9.17, 15) is 18.0 Å². The van der Waals surface area contributed by atoms with Crippen LogP contribution in [0.3, 0.4) is 0 Å². The van der Waals surface area contributed by atoms with Gasteiger partial charge >= 0.3 is 6.18 Å². The molecule has 188 valence electrons. The fourth-order valence-corrected chi connectivity index (χ4v) is 5.65. The molecule has 36 heavy (non-hydrogen) atoms. The number of H-pyrrole nitrogens is 1. The number of aromatic nitrogens is 2. The molecule has 0 atom stereocenters. The van der Waals surface area contributed by atoms with E-state index in [4.69, 9.17) is 11.6 Å². The number of fused-ring (bicyclic) bond motifs is 1. The van der Waals surface area contributed by atoms with Gasteiger partial charge in [0.2, 0.25) is 0 Å². The first kappa shape index (κ1) is 24.9. The van der Waals surface area contributed by atoms with Crippen LogP contribution < -0.4 is 5.32 Å². The van der Waals surface area contributed by atoms with Crippen LogP contribution in [-0.4, -0.2) is 52.4 Å². The largest absolute Gasteiger partial charge is 0.416 e. The number of rotatable bonds is 4. The number of nitrogens with zero attached hydrogens (tertiary/aromatic N) is 3. The van der Waals surface area contributed by atoms with Crippen LogP contribution >= 0.6 is 23.4 Å². The van der Waals surface area contributed by atoms with Crippen LogP contribution in [0.5, 0.6) is 0 Å². The molecule has 0 spiro atoms. The lowest BCUT2D eigenvalue weighted by Crippen LogP contribution is -2.42. The molecule has 0 unspecified atom stereocenters. The SMILES string of the molecule is CN1CCC(NC2=NC(=O)C(=C(Cc3ccc(Cl)cc3C(F)(F)F)c3ccc4[nH]ncc4c3)S2)CC1. The van der Waals surface area contributed by atoms with Gasteiger partial charge in [-0.2, -0.15) is 23.3 Å². The maximum Gasteiger partial charge on any atom is 0.416 e. The smallest absolute Gasteiger partial charge is 0.361 e. The second kappa shape index (κ2) is 9.91. The summed E-state index contributed by atoms with van der Waals surface area (Å²) in [5.74, 6) is -0.458. The monoisotopic (exact) mass is 533 g/mol. The topological polar surface area (TPSA) is 73.4 Å². The lowest BCUT2D eigenvalue weighted by Gasteiger charge is -2.29. The highest BCUT2D eigenvalue weighted by Crippen LogP contribution is 2.40. The summed E-state index contributed by atoms with van der Waals surface area (Å²) in [6.45, 7) is 1.89. The quantitative estimate of drug-likeness (QED) is 0.433. The van der Waals surface area contributed by atoms with Crippen molar-refractivity contribution in [2.45, 2.75) is 31.5 Å². The highest BCUT2D eigenvalue weighted by atomic mass is 35.5. The molecule has 11 heteroatoms. The molecule has 3 heterocycles. The van der Waals surface area contributed by atoms with E-state index in [1.54, 1.807) is 18.3 Å². The number of nitrogens with one attached hydrogen (secondary N) is 2. The summed E-state index contributed by atoms with van der Waals surface area (Å²) in [5.41, 5.74) is 1.12. The minimum atomic E-state index is -4.59. The van der Waals surface area contributed by atoms with Gasteiger partial charge in [0.15, 0.2) is 5.17 Å². The summed E-state index contributed by atoms with van der Waals surface area (Å²) in [7, 11) is 2.07. The average Bonchev–Trinajstić information content (AvgIpc) is 3.44. The van der Waals surface area contributed by atoms with E-state index < -0.39 is 17.6 Å². The first-order valence-corrected chi connectivity index (χ1v) is 12.6. The molecule has 0 radical (unpaired) electrons. The molecule has 2 aromatic carbocycles. The van der Waals surface area contributed by atoms with Gasteiger partial charge in [0.05, 0.1) is 22.2 Å². The van der Waals surface area contributed by atoms with Gasteiger partial charge in [-0.1, -0.05) is 23.7 Å².